The standard InChI is InChI=1S/C12H8F4S/c1-7-2-5-11(17-7)9-6-8(12(14,15)16)3-4-10(9)13/h2-6H,1H3. The first-order chi connectivity index (χ1) is 7.88. The molecule has 0 saturated carbocycles. The number of rotatable bonds is 1. The molecule has 1 aromatic heterocycles. The topological polar surface area (TPSA) is 0 Å². The van der Waals surface area contributed by atoms with Crippen molar-refractivity contribution in [3.8, 4) is 10.4 Å². The molecule has 5 heteroatoms. The summed E-state index contributed by atoms with van der Waals surface area (Å²) in [6.45, 7) is 1.82. The molecule has 0 bridgehead atoms. The molecule has 0 N–H and O–H groups in total. The van der Waals surface area contributed by atoms with Gasteiger partial charge in [-0.3, -0.25) is 0 Å². The maximum atomic E-state index is 13.5. The molecule has 0 aliphatic carbocycles. The highest BCUT2D eigenvalue weighted by Crippen LogP contribution is 2.35. The van der Waals surface area contributed by atoms with Crippen LogP contribution in [-0.2, 0) is 6.18 Å². The summed E-state index contributed by atoms with van der Waals surface area (Å²) in [6, 6.07) is 5.82. The van der Waals surface area contributed by atoms with E-state index in [0.29, 0.717) is 4.88 Å². The van der Waals surface area contributed by atoms with E-state index in [4.69, 9.17) is 0 Å². The molecule has 90 valence electrons. The van der Waals surface area contributed by atoms with Crippen LogP contribution in [0.2, 0.25) is 0 Å². The first kappa shape index (κ1) is 12.1. The quantitative estimate of drug-likeness (QED) is 0.641. The van der Waals surface area contributed by atoms with Crippen molar-refractivity contribution < 1.29 is 17.6 Å². The number of benzene rings is 1. The Morgan fingerprint density at radius 3 is 2.29 bits per heavy atom. The summed E-state index contributed by atoms with van der Waals surface area (Å²) >= 11 is 1.27. The summed E-state index contributed by atoms with van der Waals surface area (Å²) in [5, 5.41) is 0. The summed E-state index contributed by atoms with van der Waals surface area (Å²) in [7, 11) is 0. The van der Waals surface area contributed by atoms with Crippen LogP contribution >= 0.6 is 11.3 Å². The van der Waals surface area contributed by atoms with Crippen LogP contribution < -0.4 is 0 Å². The highest BCUT2D eigenvalue weighted by atomic mass is 32.1. The Labute approximate surface area is 99.5 Å². The van der Waals surface area contributed by atoms with Gasteiger partial charge in [0, 0.05) is 15.3 Å². The van der Waals surface area contributed by atoms with Crippen LogP contribution in [0.1, 0.15) is 10.4 Å². The molecule has 0 amide bonds. The number of thiophene rings is 1. The van der Waals surface area contributed by atoms with Gasteiger partial charge in [-0.25, -0.2) is 4.39 Å². The van der Waals surface area contributed by atoms with Crippen molar-refractivity contribution >= 4 is 11.3 Å². The largest absolute Gasteiger partial charge is 0.416 e. The predicted molar refractivity (Wildman–Crippen MR) is 59.5 cm³/mol. The van der Waals surface area contributed by atoms with Crippen molar-refractivity contribution in [2.24, 2.45) is 0 Å². The van der Waals surface area contributed by atoms with Crippen LogP contribution in [0.5, 0.6) is 0 Å². The molecule has 0 fully saturated rings. The monoisotopic (exact) mass is 260 g/mol. The van der Waals surface area contributed by atoms with E-state index >= 15 is 0 Å². The molecule has 1 aromatic carbocycles. The zero-order valence-corrected chi connectivity index (χ0v) is 9.62. The Morgan fingerprint density at radius 1 is 1.06 bits per heavy atom. The molecule has 0 radical (unpaired) electrons. The molecule has 0 nitrogen and oxygen atoms in total. The van der Waals surface area contributed by atoms with E-state index in [2.05, 4.69) is 0 Å². The van der Waals surface area contributed by atoms with Crippen LogP contribution in [0, 0.1) is 12.7 Å². The predicted octanol–water partition coefficient (Wildman–Crippen LogP) is 4.88. The first-order valence-electron chi connectivity index (χ1n) is 4.81. The molecule has 1 heterocycles. The second-order valence-electron chi connectivity index (χ2n) is 3.60. The van der Waals surface area contributed by atoms with Gasteiger partial charge in [-0.05, 0) is 37.3 Å². The third kappa shape index (κ3) is 2.49. The van der Waals surface area contributed by atoms with Crippen LogP contribution in [-0.4, -0.2) is 0 Å². The van der Waals surface area contributed by atoms with E-state index in [1.165, 1.54) is 11.3 Å². The van der Waals surface area contributed by atoms with Gasteiger partial charge in [0.25, 0.3) is 0 Å². The molecule has 17 heavy (non-hydrogen) atoms. The maximum Gasteiger partial charge on any atom is 0.416 e. The lowest BCUT2D eigenvalue weighted by Gasteiger charge is -2.08. The highest BCUT2D eigenvalue weighted by Gasteiger charge is 2.31. The van der Waals surface area contributed by atoms with E-state index < -0.39 is 17.6 Å². The smallest absolute Gasteiger partial charge is 0.206 e. The van der Waals surface area contributed by atoms with Crippen molar-refractivity contribution in [3.05, 3.63) is 46.6 Å². The first-order valence-corrected chi connectivity index (χ1v) is 5.63. The minimum Gasteiger partial charge on any atom is -0.206 e. The Balaban J connectivity index is 2.54. The van der Waals surface area contributed by atoms with E-state index in [9.17, 15) is 17.6 Å². The fourth-order valence-corrected chi connectivity index (χ4v) is 2.36. The normalized spacial score (nSPS) is 11.8. The van der Waals surface area contributed by atoms with Gasteiger partial charge in [-0.1, -0.05) is 0 Å². The molecular formula is C12H8F4S. The summed E-state index contributed by atoms with van der Waals surface area (Å²) < 4.78 is 51.0. The molecule has 0 aliphatic rings. The molecule has 0 saturated heterocycles. The van der Waals surface area contributed by atoms with Crippen LogP contribution in [0.25, 0.3) is 10.4 Å². The van der Waals surface area contributed by atoms with Crippen LogP contribution in [0.15, 0.2) is 30.3 Å². The van der Waals surface area contributed by atoms with Gasteiger partial charge in [-0.15, -0.1) is 11.3 Å². The van der Waals surface area contributed by atoms with Gasteiger partial charge in [-0.2, -0.15) is 13.2 Å². The van der Waals surface area contributed by atoms with Crippen molar-refractivity contribution in [1.82, 2.24) is 0 Å². The molecule has 0 unspecified atom stereocenters. The third-order valence-electron chi connectivity index (χ3n) is 2.30. The number of aryl methyl sites for hydroxylation is 1. The van der Waals surface area contributed by atoms with E-state index in [-0.39, 0.29) is 5.56 Å². The number of hydrogen-bond donors (Lipinski definition) is 0. The summed E-state index contributed by atoms with van der Waals surface area (Å²) in [4.78, 5) is 1.43. The Bertz CT molecular complexity index is 540. The lowest BCUT2D eigenvalue weighted by Crippen LogP contribution is -2.05. The second-order valence-corrected chi connectivity index (χ2v) is 4.89. The zero-order chi connectivity index (χ0) is 12.6. The minimum atomic E-state index is -4.45. The van der Waals surface area contributed by atoms with Crippen molar-refractivity contribution in [1.29, 1.82) is 0 Å². The van der Waals surface area contributed by atoms with Gasteiger partial charge in [0.2, 0.25) is 0 Å². The Kier molecular flexibility index (Phi) is 2.95. The molecular weight excluding hydrogens is 252 g/mol. The minimum absolute atomic E-state index is 0.00192. The Morgan fingerprint density at radius 2 is 1.76 bits per heavy atom. The second kappa shape index (κ2) is 4.14. The van der Waals surface area contributed by atoms with Crippen molar-refractivity contribution in [2.45, 2.75) is 13.1 Å². The SMILES string of the molecule is Cc1ccc(-c2cc(C(F)(F)F)ccc2F)s1. The summed E-state index contributed by atoms with van der Waals surface area (Å²) in [5.74, 6) is -0.639. The van der Waals surface area contributed by atoms with Crippen molar-refractivity contribution in [3.63, 3.8) is 0 Å². The van der Waals surface area contributed by atoms with Gasteiger partial charge in [0.15, 0.2) is 0 Å². The molecule has 0 atom stereocenters. The van der Waals surface area contributed by atoms with Gasteiger partial charge in [0.05, 0.1) is 5.56 Å². The zero-order valence-electron chi connectivity index (χ0n) is 8.81. The molecule has 0 spiro atoms. The fourth-order valence-electron chi connectivity index (χ4n) is 1.47. The lowest BCUT2D eigenvalue weighted by molar-refractivity contribution is -0.137. The lowest BCUT2D eigenvalue weighted by atomic mass is 10.1. The molecule has 0 aliphatic heterocycles. The van der Waals surface area contributed by atoms with Crippen LogP contribution in [0.3, 0.4) is 0 Å². The van der Waals surface area contributed by atoms with E-state index in [1.54, 1.807) is 12.1 Å². The number of halogens is 4. The third-order valence-corrected chi connectivity index (χ3v) is 3.33. The fraction of sp³-hybridized carbons (Fsp3) is 0.167. The van der Waals surface area contributed by atoms with E-state index in [1.807, 2.05) is 6.92 Å². The molecule has 2 aromatic rings. The number of alkyl halides is 3. The molecule has 2 rings (SSSR count). The average Bonchev–Trinajstić information content (AvgIpc) is 2.63. The Hall–Kier alpha value is -1.36. The maximum absolute atomic E-state index is 13.5. The summed E-state index contributed by atoms with van der Waals surface area (Å²) in [6.07, 6.45) is -4.45. The van der Waals surface area contributed by atoms with Gasteiger partial charge in [0.1, 0.15) is 5.82 Å². The highest BCUT2D eigenvalue weighted by molar-refractivity contribution is 7.15. The summed E-state index contributed by atoms with van der Waals surface area (Å²) in [5.41, 5.74) is -0.835. The van der Waals surface area contributed by atoms with Gasteiger partial charge >= 0.3 is 6.18 Å². The van der Waals surface area contributed by atoms with E-state index in [0.717, 1.165) is 23.1 Å². The van der Waals surface area contributed by atoms with Crippen LogP contribution in [0.4, 0.5) is 17.6 Å². The number of hydrogen-bond acceptors (Lipinski definition) is 1. The van der Waals surface area contributed by atoms with Gasteiger partial charge < -0.3 is 0 Å². The van der Waals surface area contributed by atoms with Crippen molar-refractivity contribution in [2.75, 3.05) is 0 Å². The average molecular weight is 260 g/mol.